The number of hydrogen-bond donors (Lipinski definition) is 2. The number of ether oxygens (including phenoxy) is 1. The summed E-state index contributed by atoms with van der Waals surface area (Å²) in [5.74, 6) is 0.119. The molecule has 1 amide bonds. The molecule has 0 aromatic heterocycles. The fraction of sp³-hybridized carbons (Fsp3) is 0.278. The van der Waals surface area contributed by atoms with Crippen molar-refractivity contribution in [3.05, 3.63) is 53.0 Å². The minimum absolute atomic E-state index is 0.167. The molecular weight excluding hydrogens is 420 g/mol. The first-order valence-corrected chi connectivity index (χ1v) is 10.5. The summed E-state index contributed by atoms with van der Waals surface area (Å²) in [6, 6.07) is 13.2. The van der Waals surface area contributed by atoms with E-state index in [1.807, 2.05) is 19.1 Å². The van der Waals surface area contributed by atoms with Crippen LogP contribution in [0.25, 0.3) is 0 Å². The predicted molar refractivity (Wildman–Crippen MR) is 105 cm³/mol. The highest BCUT2D eigenvalue weighted by Gasteiger charge is 2.13. The van der Waals surface area contributed by atoms with Crippen molar-refractivity contribution >= 4 is 37.5 Å². The summed E-state index contributed by atoms with van der Waals surface area (Å²) < 4.78 is 33.0. The van der Waals surface area contributed by atoms with E-state index in [0.717, 1.165) is 17.3 Å². The van der Waals surface area contributed by atoms with Gasteiger partial charge in [-0.15, -0.1) is 0 Å². The van der Waals surface area contributed by atoms with Crippen LogP contribution < -0.4 is 14.8 Å². The Balaban J connectivity index is 1.86. The van der Waals surface area contributed by atoms with E-state index in [2.05, 4.69) is 26.0 Å². The number of unbranched alkanes of at least 4 members (excludes halogenated alkanes) is 1. The zero-order valence-electron chi connectivity index (χ0n) is 14.4. The quantitative estimate of drug-likeness (QED) is 0.583. The monoisotopic (exact) mass is 440 g/mol. The van der Waals surface area contributed by atoms with Crippen molar-refractivity contribution in [2.45, 2.75) is 24.7 Å². The van der Waals surface area contributed by atoms with E-state index in [-0.39, 0.29) is 17.4 Å². The van der Waals surface area contributed by atoms with E-state index >= 15 is 0 Å². The highest BCUT2D eigenvalue weighted by atomic mass is 79.9. The van der Waals surface area contributed by atoms with Crippen molar-refractivity contribution in [3.8, 4) is 5.75 Å². The molecule has 6 nitrogen and oxygen atoms in total. The van der Waals surface area contributed by atoms with Gasteiger partial charge in [-0.2, -0.15) is 0 Å². The average molecular weight is 441 g/mol. The van der Waals surface area contributed by atoms with Gasteiger partial charge in [0.05, 0.1) is 4.90 Å². The van der Waals surface area contributed by atoms with Crippen molar-refractivity contribution in [3.63, 3.8) is 0 Å². The maximum Gasteiger partial charge on any atom is 0.262 e. The van der Waals surface area contributed by atoms with Gasteiger partial charge in [0.15, 0.2) is 6.61 Å². The van der Waals surface area contributed by atoms with Crippen LogP contribution in [-0.4, -0.2) is 27.5 Å². The molecule has 2 rings (SSSR count). The van der Waals surface area contributed by atoms with Gasteiger partial charge in [-0.1, -0.05) is 29.3 Å². The summed E-state index contributed by atoms with van der Waals surface area (Å²) in [6.45, 7) is 2.23. The highest BCUT2D eigenvalue weighted by molar-refractivity contribution is 9.10. The van der Waals surface area contributed by atoms with Crippen LogP contribution in [0.2, 0.25) is 0 Å². The molecule has 0 aliphatic carbocycles. The molecule has 0 aliphatic rings. The van der Waals surface area contributed by atoms with Gasteiger partial charge in [0, 0.05) is 16.7 Å². The van der Waals surface area contributed by atoms with E-state index in [4.69, 9.17) is 4.74 Å². The van der Waals surface area contributed by atoms with Gasteiger partial charge in [-0.25, -0.2) is 13.1 Å². The van der Waals surface area contributed by atoms with Crippen LogP contribution in [0.1, 0.15) is 19.8 Å². The number of hydrogen-bond acceptors (Lipinski definition) is 4. The smallest absolute Gasteiger partial charge is 0.262 e. The van der Waals surface area contributed by atoms with Crippen LogP contribution in [0.15, 0.2) is 57.9 Å². The van der Waals surface area contributed by atoms with Gasteiger partial charge in [-0.05, 0) is 55.0 Å². The summed E-state index contributed by atoms with van der Waals surface area (Å²) in [5, 5.41) is 2.71. The molecule has 0 spiro atoms. The Bertz CT molecular complexity index is 821. The van der Waals surface area contributed by atoms with E-state index in [0.29, 0.717) is 18.0 Å². The van der Waals surface area contributed by atoms with Crippen LogP contribution >= 0.6 is 15.9 Å². The first-order chi connectivity index (χ1) is 12.4. The molecule has 8 heteroatoms. The number of anilines is 1. The van der Waals surface area contributed by atoms with Gasteiger partial charge in [0.25, 0.3) is 5.91 Å². The van der Waals surface area contributed by atoms with Crippen molar-refractivity contribution in [2.75, 3.05) is 18.5 Å². The fourth-order valence-corrected chi connectivity index (χ4v) is 3.40. The SMILES string of the molecule is CCCCNS(=O)(=O)c1ccc(OCC(=O)Nc2ccc(Br)cc2)cc1. The summed E-state index contributed by atoms with van der Waals surface area (Å²) in [5.41, 5.74) is 0.668. The Kier molecular flexibility index (Phi) is 7.62. The Morgan fingerprint density at radius 2 is 1.73 bits per heavy atom. The summed E-state index contributed by atoms with van der Waals surface area (Å²) in [7, 11) is -3.51. The molecular formula is C18H21BrN2O4S. The molecule has 2 aromatic rings. The molecule has 0 bridgehead atoms. The maximum atomic E-state index is 12.1. The lowest BCUT2D eigenvalue weighted by molar-refractivity contribution is -0.118. The molecule has 2 aromatic carbocycles. The molecule has 0 aliphatic heterocycles. The lowest BCUT2D eigenvalue weighted by Gasteiger charge is -2.09. The molecule has 0 saturated heterocycles. The Labute approximate surface area is 162 Å². The molecule has 0 saturated carbocycles. The minimum atomic E-state index is -3.51. The number of rotatable bonds is 9. The minimum Gasteiger partial charge on any atom is -0.484 e. The largest absolute Gasteiger partial charge is 0.484 e. The van der Waals surface area contributed by atoms with Gasteiger partial charge in [0.1, 0.15) is 5.75 Å². The number of nitrogens with one attached hydrogen (secondary N) is 2. The van der Waals surface area contributed by atoms with Gasteiger partial charge in [-0.3, -0.25) is 4.79 Å². The van der Waals surface area contributed by atoms with Crippen LogP contribution in [-0.2, 0) is 14.8 Å². The Morgan fingerprint density at radius 1 is 1.08 bits per heavy atom. The zero-order valence-corrected chi connectivity index (χ0v) is 16.8. The number of amides is 1. The standard InChI is InChI=1S/C18H21BrN2O4S/c1-2-3-12-20-26(23,24)17-10-8-16(9-11-17)25-13-18(22)21-15-6-4-14(19)5-7-15/h4-11,20H,2-3,12-13H2,1H3,(H,21,22). The normalized spacial score (nSPS) is 11.2. The fourth-order valence-electron chi connectivity index (χ4n) is 2.06. The van der Waals surface area contributed by atoms with Crippen molar-refractivity contribution in [1.82, 2.24) is 4.72 Å². The number of carbonyl (C=O) groups is 1. The third-order valence-corrected chi connectivity index (χ3v) is 5.46. The second-order valence-electron chi connectivity index (χ2n) is 5.57. The van der Waals surface area contributed by atoms with Gasteiger partial charge < -0.3 is 10.1 Å². The highest BCUT2D eigenvalue weighted by Crippen LogP contribution is 2.17. The van der Waals surface area contributed by atoms with E-state index in [1.165, 1.54) is 24.3 Å². The molecule has 0 fully saturated rings. The lowest BCUT2D eigenvalue weighted by Crippen LogP contribution is -2.24. The Hall–Kier alpha value is -1.90. The average Bonchev–Trinajstić information content (AvgIpc) is 2.62. The molecule has 26 heavy (non-hydrogen) atoms. The van der Waals surface area contributed by atoms with Crippen LogP contribution in [0.3, 0.4) is 0 Å². The summed E-state index contributed by atoms with van der Waals surface area (Å²) in [4.78, 5) is 12.1. The van der Waals surface area contributed by atoms with E-state index < -0.39 is 10.0 Å². The number of carbonyl (C=O) groups excluding carboxylic acids is 1. The first-order valence-electron chi connectivity index (χ1n) is 8.18. The molecule has 0 unspecified atom stereocenters. The number of halogens is 1. The summed E-state index contributed by atoms with van der Waals surface area (Å²) in [6.07, 6.45) is 1.70. The number of benzene rings is 2. The van der Waals surface area contributed by atoms with E-state index in [9.17, 15) is 13.2 Å². The van der Waals surface area contributed by atoms with Gasteiger partial charge >= 0.3 is 0 Å². The third kappa shape index (κ3) is 6.44. The van der Waals surface area contributed by atoms with E-state index in [1.54, 1.807) is 12.1 Å². The zero-order chi connectivity index (χ0) is 19.0. The second-order valence-corrected chi connectivity index (χ2v) is 8.25. The molecule has 2 N–H and O–H groups in total. The number of sulfonamides is 1. The van der Waals surface area contributed by atoms with Crippen molar-refractivity contribution in [1.29, 1.82) is 0 Å². The van der Waals surface area contributed by atoms with Crippen molar-refractivity contribution < 1.29 is 17.9 Å². The Morgan fingerprint density at radius 3 is 2.35 bits per heavy atom. The topological polar surface area (TPSA) is 84.5 Å². The van der Waals surface area contributed by atoms with Crippen molar-refractivity contribution in [2.24, 2.45) is 0 Å². The lowest BCUT2D eigenvalue weighted by atomic mass is 10.3. The predicted octanol–water partition coefficient (Wildman–Crippen LogP) is 3.55. The first kappa shape index (κ1) is 20.4. The summed E-state index contributed by atoms with van der Waals surface area (Å²) >= 11 is 3.33. The van der Waals surface area contributed by atoms with Crippen LogP contribution in [0, 0.1) is 0 Å². The van der Waals surface area contributed by atoms with Crippen LogP contribution in [0.4, 0.5) is 5.69 Å². The maximum absolute atomic E-state index is 12.1. The second kappa shape index (κ2) is 9.70. The molecule has 0 heterocycles. The molecule has 140 valence electrons. The van der Waals surface area contributed by atoms with Gasteiger partial charge in [0.2, 0.25) is 10.0 Å². The third-order valence-electron chi connectivity index (χ3n) is 3.45. The molecule has 0 radical (unpaired) electrons. The van der Waals surface area contributed by atoms with Crippen LogP contribution in [0.5, 0.6) is 5.75 Å². The molecule has 0 atom stereocenters.